The van der Waals surface area contributed by atoms with Crippen LogP contribution in [0.2, 0.25) is 0 Å². The van der Waals surface area contributed by atoms with E-state index < -0.39 is 43.6 Å². The van der Waals surface area contributed by atoms with Crippen molar-refractivity contribution in [1.82, 2.24) is 24.1 Å². The van der Waals surface area contributed by atoms with Gasteiger partial charge in [-0.2, -0.15) is 0 Å². The number of rotatable bonds is 5. The van der Waals surface area contributed by atoms with E-state index in [1.165, 1.54) is 30.2 Å². The van der Waals surface area contributed by atoms with Crippen LogP contribution in [-0.2, 0) is 46.0 Å². The van der Waals surface area contributed by atoms with Crippen LogP contribution in [0.5, 0.6) is 0 Å². The van der Waals surface area contributed by atoms with Gasteiger partial charge in [0, 0.05) is 0 Å². The van der Waals surface area contributed by atoms with Crippen LogP contribution in [0, 0.1) is 0 Å². The fourth-order valence-electron chi connectivity index (χ4n) is 2.91. The average Bonchev–Trinajstić information content (AvgIpc) is 3.17. The van der Waals surface area contributed by atoms with Crippen molar-refractivity contribution in [2.24, 2.45) is 14.1 Å². The van der Waals surface area contributed by atoms with Gasteiger partial charge in [-0.05, 0) is 0 Å². The molecule has 160 valence electrons. The van der Waals surface area contributed by atoms with Gasteiger partial charge in [0.2, 0.25) is 0 Å². The summed E-state index contributed by atoms with van der Waals surface area (Å²) in [6, 6.07) is 0.580. The van der Waals surface area contributed by atoms with Crippen molar-refractivity contribution in [3.63, 3.8) is 0 Å². The molecule has 0 unspecified atom stereocenters. The van der Waals surface area contributed by atoms with Crippen LogP contribution in [0.25, 0.3) is 22.7 Å². The second-order valence-electron chi connectivity index (χ2n) is 6.41. The van der Waals surface area contributed by atoms with E-state index in [0.29, 0.717) is 16.7 Å². The minimum atomic E-state index is -5.80. The molecule has 3 rings (SSSR count). The van der Waals surface area contributed by atoms with E-state index in [-0.39, 0.29) is 33.5 Å². The Bertz CT molecular complexity index is 1240. The number of alkyl halides is 5. The van der Waals surface area contributed by atoms with Crippen LogP contribution in [0.3, 0.4) is 0 Å². The fraction of sp³-hybridized carbons (Fsp3) is 0.400. The molecule has 0 aliphatic rings. The molecule has 0 fully saturated rings. The normalized spacial score (nSPS) is 13.1. The Labute approximate surface area is 178 Å². The van der Waals surface area contributed by atoms with Crippen molar-refractivity contribution in [2.45, 2.75) is 24.0 Å². The Hall–Kier alpha value is -1.66. The molecule has 3 aromatic heterocycles. The van der Waals surface area contributed by atoms with E-state index in [1.807, 2.05) is 0 Å². The summed E-state index contributed by atoms with van der Waals surface area (Å²) in [5.74, 6) is -5.39. The van der Waals surface area contributed by atoms with Gasteiger partial charge in [0.25, 0.3) is 0 Å². The summed E-state index contributed by atoms with van der Waals surface area (Å²) < 4.78 is 93.7. The maximum absolute atomic E-state index is 13.7. The van der Waals surface area contributed by atoms with Crippen molar-refractivity contribution in [3.8, 4) is 11.5 Å². The molecule has 0 aromatic carbocycles. The molecule has 0 saturated carbocycles. The number of hydrogen-bond donors (Lipinski definition) is 0. The van der Waals surface area contributed by atoms with Crippen LogP contribution in [0.15, 0.2) is 17.3 Å². The number of fused-ring (bicyclic) bond motifs is 1. The zero-order chi connectivity index (χ0) is 22.6. The van der Waals surface area contributed by atoms with Gasteiger partial charge in [0.05, 0.1) is 0 Å². The number of aryl methyl sites for hydroxylation is 1. The first-order valence-electron chi connectivity index (χ1n) is 8.38. The first-order chi connectivity index (χ1) is 13.8. The Balaban J connectivity index is 2.28. The fourth-order valence-corrected chi connectivity index (χ4v) is 6.78. The van der Waals surface area contributed by atoms with E-state index >= 15 is 0 Å². The molecule has 15 heteroatoms. The molecule has 0 aliphatic heterocycles. The van der Waals surface area contributed by atoms with E-state index in [4.69, 9.17) is 9.69 Å². The molecule has 3 aromatic rings. The summed E-state index contributed by atoms with van der Waals surface area (Å²) in [5.41, 5.74) is -1.68. The van der Waals surface area contributed by atoms with Crippen molar-refractivity contribution in [1.29, 1.82) is 0 Å². The summed E-state index contributed by atoms with van der Waals surface area (Å²) >= 11 is -1.86. The standard InChI is InChI=1S/C15H13F5N5O2S.ClH.Zn/c1-4-28(26,27)13-10(22-7-24(13)2)12-23-9-5-8(6-21-11(9)25(12)3)14(16,17)15(18,19)20;;/h5-6H,4H2,1-3H3;1H;/q;;+1/p-1. The Morgan fingerprint density at radius 3 is 2.30 bits per heavy atom. The van der Waals surface area contributed by atoms with Gasteiger partial charge in [-0.1, -0.05) is 0 Å². The molecule has 0 saturated heterocycles. The number of pyridine rings is 1. The molecule has 0 radical (unpaired) electrons. The van der Waals surface area contributed by atoms with Crippen LogP contribution >= 0.6 is 9.69 Å². The topological polar surface area (TPSA) is 82.7 Å². The summed E-state index contributed by atoms with van der Waals surface area (Å²) in [7, 11) is 5.16. The van der Waals surface area contributed by atoms with Gasteiger partial charge in [0.1, 0.15) is 0 Å². The molecule has 0 N–H and O–H groups in total. The van der Waals surface area contributed by atoms with Gasteiger partial charge in [0.15, 0.2) is 0 Å². The Morgan fingerprint density at radius 1 is 1.13 bits per heavy atom. The molecule has 7 nitrogen and oxygen atoms in total. The summed E-state index contributed by atoms with van der Waals surface area (Å²) in [6.45, 7) is 1.44. The summed E-state index contributed by atoms with van der Waals surface area (Å²) in [4.78, 5) is 12.0. The Kier molecular flexibility index (Phi) is 5.74. The van der Waals surface area contributed by atoms with Gasteiger partial charge < -0.3 is 0 Å². The van der Waals surface area contributed by atoms with Crippen molar-refractivity contribution < 1.29 is 46.5 Å². The number of hydrogen-bond acceptors (Lipinski definition) is 5. The van der Waals surface area contributed by atoms with Crippen LogP contribution in [0.1, 0.15) is 12.5 Å². The van der Waals surface area contributed by atoms with E-state index in [1.54, 1.807) is 0 Å². The molecule has 0 aliphatic carbocycles. The number of nitrogens with zero attached hydrogens (tertiary/aromatic N) is 5. The quantitative estimate of drug-likeness (QED) is 0.380. The summed E-state index contributed by atoms with van der Waals surface area (Å²) in [6.07, 6.45) is -5.38. The predicted molar refractivity (Wildman–Crippen MR) is 93.9 cm³/mol. The molecule has 0 atom stereocenters. The Morgan fingerprint density at radius 2 is 1.77 bits per heavy atom. The molecular weight excluding hydrogens is 510 g/mol. The molecule has 30 heavy (non-hydrogen) atoms. The number of aromatic nitrogens is 5. The molecule has 0 amide bonds. The molecule has 0 spiro atoms. The third-order valence-electron chi connectivity index (χ3n) is 4.57. The molecular formula is C15H13ClF5N5O2SZn. The van der Waals surface area contributed by atoms with E-state index in [9.17, 15) is 30.4 Å². The zero-order valence-corrected chi connectivity index (χ0v) is 20.3. The summed E-state index contributed by atoms with van der Waals surface area (Å²) in [5, 5.41) is -0.148. The zero-order valence-electron chi connectivity index (χ0n) is 15.8. The van der Waals surface area contributed by atoms with E-state index in [0.717, 1.165) is 0 Å². The van der Waals surface area contributed by atoms with Crippen LogP contribution in [0.4, 0.5) is 22.0 Å². The second-order valence-corrected chi connectivity index (χ2v) is 11.9. The third kappa shape index (κ3) is 3.52. The molecule has 3 heterocycles. The number of sulfone groups is 1. The average molecular weight is 523 g/mol. The van der Waals surface area contributed by atoms with Gasteiger partial charge in [-0.3, -0.25) is 0 Å². The molecule has 0 bridgehead atoms. The van der Waals surface area contributed by atoms with Crippen molar-refractivity contribution >= 4 is 35.1 Å². The number of imidazole rings is 2. The van der Waals surface area contributed by atoms with Crippen LogP contribution < -0.4 is 4.42 Å². The first-order valence-corrected chi connectivity index (χ1v) is 15.4. The van der Waals surface area contributed by atoms with Gasteiger partial charge >= 0.3 is 179 Å². The maximum atomic E-state index is 13.7. The van der Waals surface area contributed by atoms with Crippen molar-refractivity contribution in [3.05, 3.63) is 17.8 Å². The number of halogens is 6. The van der Waals surface area contributed by atoms with Gasteiger partial charge in [-0.15, -0.1) is 0 Å². The predicted octanol–water partition coefficient (Wildman–Crippen LogP) is 2.68. The van der Waals surface area contributed by atoms with E-state index in [2.05, 4.69) is 15.0 Å². The van der Waals surface area contributed by atoms with Gasteiger partial charge in [-0.25, -0.2) is 0 Å². The van der Waals surface area contributed by atoms with Crippen LogP contribution in [-0.4, -0.2) is 44.4 Å². The first kappa shape index (κ1) is 23.0. The second kappa shape index (κ2) is 7.49. The monoisotopic (exact) mass is 521 g/mol. The minimum absolute atomic E-state index is 0.00817. The van der Waals surface area contributed by atoms with Crippen molar-refractivity contribution in [2.75, 3.05) is 5.75 Å². The SMILES string of the molecule is CCS(=O)(=O)c1c(-c2nc3cc(C(F)(F)C(F)(F)F)cnc3n2C)n[c]([Zn][Cl])n1C. The third-order valence-corrected chi connectivity index (χ3v) is 9.46.